The zero-order valence-electron chi connectivity index (χ0n) is 10.5. The summed E-state index contributed by atoms with van der Waals surface area (Å²) in [5, 5.41) is 19.9. The highest BCUT2D eigenvalue weighted by Gasteiger charge is 2.09. The molecule has 0 bridgehead atoms. The van der Waals surface area contributed by atoms with E-state index in [1.807, 2.05) is 0 Å². The van der Waals surface area contributed by atoms with Crippen LogP contribution in [0.25, 0.3) is 0 Å². The van der Waals surface area contributed by atoms with Gasteiger partial charge in [0.15, 0.2) is 0 Å². The van der Waals surface area contributed by atoms with E-state index in [1.54, 1.807) is 6.92 Å². The molecule has 0 saturated heterocycles. The standard InChI is InChI=1S/C13H15NO5/c1-8-7-9(13(18)19)5-6-10(8)14-11(15)3-2-4-12(16)17/h5-7H,2-4H2,1H3,(H,14,15)(H,16,17)(H,18,19). The van der Waals surface area contributed by atoms with Gasteiger partial charge < -0.3 is 15.5 Å². The molecule has 0 aliphatic rings. The van der Waals surface area contributed by atoms with Crippen molar-refractivity contribution in [1.82, 2.24) is 0 Å². The third-order valence-corrected chi connectivity index (χ3v) is 2.54. The first-order valence-corrected chi connectivity index (χ1v) is 5.75. The number of aliphatic carboxylic acids is 1. The number of nitrogens with one attached hydrogen (secondary N) is 1. The van der Waals surface area contributed by atoms with Crippen LogP contribution in [0.3, 0.4) is 0 Å². The van der Waals surface area contributed by atoms with Gasteiger partial charge in [-0.15, -0.1) is 0 Å². The number of carboxylic acids is 2. The zero-order valence-corrected chi connectivity index (χ0v) is 10.5. The monoisotopic (exact) mass is 265 g/mol. The van der Waals surface area contributed by atoms with Crippen molar-refractivity contribution in [3.8, 4) is 0 Å². The van der Waals surface area contributed by atoms with E-state index >= 15 is 0 Å². The first-order valence-electron chi connectivity index (χ1n) is 5.75. The fourth-order valence-electron chi connectivity index (χ4n) is 1.55. The van der Waals surface area contributed by atoms with Gasteiger partial charge in [-0.2, -0.15) is 0 Å². The van der Waals surface area contributed by atoms with Crippen LogP contribution in [0.2, 0.25) is 0 Å². The fourth-order valence-corrected chi connectivity index (χ4v) is 1.55. The first kappa shape index (κ1) is 14.7. The Labute approximate surface area is 110 Å². The Morgan fingerprint density at radius 1 is 1.16 bits per heavy atom. The Morgan fingerprint density at radius 3 is 2.37 bits per heavy atom. The van der Waals surface area contributed by atoms with Crippen molar-refractivity contribution in [3.63, 3.8) is 0 Å². The number of hydrogen-bond acceptors (Lipinski definition) is 3. The number of carboxylic acid groups (broad SMARTS) is 2. The normalized spacial score (nSPS) is 9.95. The Hall–Kier alpha value is -2.37. The number of benzene rings is 1. The summed E-state index contributed by atoms with van der Waals surface area (Å²) >= 11 is 0. The summed E-state index contributed by atoms with van der Waals surface area (Å²) in [4.78, 5) is 32.6. The van der Waals surface area contributed by atoms with Gasteiger partial charge in [-0.3, -0.25) is 9.59 Å². The minimum atomic E-state index is -1.03. The summed E-state index contributed by atoms with van der Waals surface area (Å²) in [7, 11) is 0. The van der Waals surface area contributed by atoms with E-state index in [1.165, 1.54) is 18.2 Å². The zero-order chi connectivity index (χ0) is 14.4. The van der Waals surface area contributed by atoms with E-state index in [2.05, 4.69) is 5.32 Å². The van der Waals surface area contributed by atoms with Crippen molar-refractivity contribution in [2.75, 3.05) is 5.32 Å². The number of aryl methyl sites for hydroxylation is 1. The Morgan fingerprint density at radius 2 is 1.84 bits per heavy atom. The van der Waals surface area contributed by atoms with E-state index in [9.17, 15) is 14.4 Å². The maximum Gasteiger partial charge on any atom is 0.335 e. The molecule has 102 valence electrons. The van der Waals surface area contributed by atoms with Gasteiger partial charge in [0.1, 0.15) is 0 Å². The SMILES string of the molecule is Cc1cc(C(=O)O)ccc1NC(=O)CCCC(=O)O. The number of hydrogen-bond donors (Lipinski definition) is 3. The van der Waals surface area contributed by atoms with E-state index in [0.717, 1.165) is 0 Å². The van der Waals surface area contributed by atoms with Gasteiger partial charge in [0.05, 0.1) is 5.56 Å². The molecule has 0 unspecified atom stereocenters. The third-order valence-electron chi connectivity index (χ3n) is 2.54. The van der Waals surface area contributed by atoms with Crippen molar-refractivity contribution in [3.05, 3.63) is 29.3 Å². The van der Waals surface area contributed by atoms with Crippen molar-refractivity contribution < 1.29 is 24.6 Å². The Balaban J connectivity index is 2.59. The second-order valence-electron chi connectivity index (χ2n) is 4.13. The molecule has 0 aliphatic heterocycles. The molecule has 0 spiro atoms. The van der Waals surface area contributed by atoms with Crippen LogP contribution in [-0.2, 0) is 9.59 Å². The van der Waals surface area contributed by atoms with Crippen LogP contribution in [0.4, 0.5) is 5.69 Å². The summed E-state index contributed by atoms with van der Waals surface area (Å²) in [5.41, 5.74) is 1.33. The quantitative estimate of drug-likeness (QED) is 0.728. The van der Waals surface area contributed by atoms with Crippen LogP contribution in [0.15, 0.2) is 18.2 Å². The van der Waals surface area contributed by atoms with Gasteiger partial charge in [-0.05, 0) is 37.1 Å². The number of rotatable bonds is 6. The molecule has 1 amide bonds. The number of carbonyl (C=O) groups excluding carboxylic acids is 1. The van der Waals surface area contributed by atoms with Crippen LogP contribution < -0.4 is 5.32 Å². The van der Waals surface area contributed by atoms with Crippen LogP contribution in [-0.4, -0.2) is 28.1 Å². The first-order chi connectivity index (χ1) is 8.90. The molecule has 0 saturated carbocycles. The maximum absolute atomic E-state index is 11.5. The molecular weight excluding hydrogens is 250 g/mol. The molecule has 0 aromatic heterocycles. The molecule has 1 rings (SSSR count). The summed E-state index contributed by atoms with van der Waals surface area (Å²) in [6.45, 7) is 1.69. The average molecular weight is 265 g/mol. The second-order valence-corrected chi connectivity index (χ2v) is 4.13. The Bertz CT molecular complexity index is 510. The molecule has 0 atom stereocenters. The number of aromatic carboxylic acids is 1. The third kappa shape index (κ3) is 4.79. The van der Waals surface area contributed by atoms with E-state index in [0.29, 0.717) is 11.3 Å². The van der Waals surface area contributed by atoms with Gasteiger partial charge >= 0.3 is 11.9 Å². The van der Waals surface area contributed by atoms with E-state index in [-0.39, 0.29) is 30.7 Å². The molecule has 3 N–H and O–H groups in total. The molecule has 6 heteroatoms. The molecule has 1 aromatic carbocycles. The summed E-state index contributed by atoms with van der Waals surface area (Å²) in [6.07, 6.45) is 0.337. The van der Waals surface area contributed by atoms with Crippen LogP contribution >= 0.6 is 0 Å². The van der Waals surface area contributed by atoms with Gasteiger partial charge in [0.2, 0.25) is 5.91 Å². The molecule has 0 heterocycles. The fraction of sp³-hybridized carbons (Fsp3) is 0.308. The molecule has 0 fully saturated rings. The Kier molecular flexibility index (Phi) is 5.05. The van der Waals surface area contributed by atoms with E-state index in [4.69, 9.17) is 10.2 Å². The van der Waals surface area contributed by atoms with Crippen molar-refractivity contribution >= 4 is 23.5 Å². The second kappa shape index (κ2) is 6.53. The summed E-state index contributed by atoms with van der Waals surface area (Å²) in [5.74, 6) is -2.25. The lowest BCUT2D eigenvalue weighted by Crippen LogP contribution is -2.13. The largest absolute Gasteiger partial charge is 0.481 e. The van der Waals surface area contributed by atoms with Crippen molar-refractivity contribution in [2.24, 2.45) is 0 Å². The highest BCUT2D eigenvalue weighted by molar-refractivity contribution is 5.93. The lowest BCUT2D eigenvalue weighted by Gasteiger charge is -2.08. The van der Waals surface area contributed by atoms with Gasteiger partial charge in [0.25, 0.3) is 0 Å². The smallest absolute Gasteiger partial charge is 0.335 e. The highest BCUT2D eigenvalue weighted by Crippen LogP contribution is 2.17. The maximum atomic E-state index is 11.5. The predicted octanol–water partition coefficient (Wildman–Crippen LogP) is 1.89. The van der Waals surface area contributed by atoms with E-state index < -0.39 is 11.9 Å². The van der Waals surface area contributed by atoms with Crippen LogP contribution in [0.1, 0.15) is 35.2 Å². The predicted molar refractivity (Wildman–Crippen MR) is 68.3 cm³/mol. The van der Waals surface area contributed by atoms with Gasteiger partial charge in [0, 0.05) is 18.5 Å². The number of carbonyl (C=O) groups is 3. The molecular formula is C13H15NO5. The highest BCUT2D eigenvalue weighted by atomic mass is 16.4. The topological polar surface area (TPSA) is 104 Å². The minimum Gasteiger partial charge on any atom is -0.481 e. The molecule has 19 heavy (non-hydrogen) atoms. The lowest BCUT2D eigenvalue weighted by molar-refractivity contribution is -0.137. The van der Waals surface area contributed by atoms with Crippen LogP contribution in [0.5, 0.6) is 0 Å². The minimum absolute atomic E-state index is 0.0512. The number of amides is 1. The molecule has 0 aliphatic carbocycles. The molecule has 1 aromatic rings. The molecule has 6 nitrogen and oxygen atoms in total. The number of anilines is 1. The summed E-state index contributed by atoms with van der Waals surface area (Å²) < 4.78 is 0. The average Bonchev–Trinajstić information content (AvgIpc) is 2.31. The van der Waals surface area contributed by atoms with Crippen molar-refractivity contribution in [1.29, 1.82) is 0 Å². The van der Waals surface area contributed by atoms with Gasteiger partial charge in [-0.1, -0.05) is 0 Å². The molecule has 0 radical (unpaired) electrons. The summed E-state index contributed by atoms with van der Waals surface area (Å²) in [6, 6.07) is 4.39. The lowest BCUT2D eigenvalue weighted by atomic mass is 10.1. The van der Waals surface area contributed by atoms with Crippen molar-refractivity contribution in [2.45, 2.75) is 26.2 Å². The van der Waals surface area contributed by atoms with Crippen LogP contribution in [0, 0.1) is 6.92 Å². The van der Waals surface area contributed by atoms with Gasteiger partial charge in [-0.25, -0.2) is 4.79 Å².